The maximum Gasteiger partial charge on any atom is 0.426 e. The molecule has 1 aliphatic rings. The SMILES string of the molecule is C=CCNCCC[N+](C)(C)CCO[P+]([O-])(O)Oc1c(C)c(C)c2c(c1C)CC[C@@](C)(CCC[C@H](C)CCC[C@H](C)CCCC(C)C)O2. The molecule has 1 aromatic rings. The van der Waals surface area contributed by atoms with E-state index in [1.54, 1.807) is 0 Å². The van der Waals surface area contributed by atoms with Gasteiger partial charge in [0.25, 0.3) is 0 Å². The van der Waals surface area contributed by atoms with Crippen molar-refractivity contribution in [2.45, 2.75) is 138 Å². The molecule has 8 heteroatoms. The number of phosphoric ester groups is 1. The van der Waals surface area contributed by atoms with E-state index in [2.05, 4.69) is 60.6 Å². The monoisotopic (exact) mass is 680 g/mol. The maximum absolute atomic E-state index is 13.1. The van der Waals surface area contributed by atoms with Gasteiger partial charge in [-0.1, -0.05) is 78.7 Å². The van der Waals surface area contributed by atoms with Crippen molar-refractivity contribution >= 4 is 8.17 Å². The van der Waals surface area contributed by atoms with Crippen LogP contribution in [0.3, 0.4) is 0 Å². The molecule has 0 saturated heterocycles. The van der Waals surface area contributed by atoms with Gasteiger partial charge in [-0.3, -0.25) is 4.52 Å². The van der Waals surface area contributed by atoms with Gasteiger partial charge in [-0.05, 0) is 76.7 Å². The van der Waals surface area contributed by atoms with E-state index < -0.39 is 8.17 Å². The van der Waals surface area contributed by atoms with E-state index in [1.807, 2.05) is 26.8 Å². The number of rotatable bonds is 24. The van der Waals surface area contributed by atoms with Gasteiger partial charge in [-0.15, -0.1) is 6.58 Å². The van der Waals surface area contributed by atoms with Crippen LogP contribution in [0.15, 0.2) is 12.7 Å². The van der Waals surface area contributed by atoms with Crippen molar-refractivity contribution < 1.29 is 28.1 Å². The molecule has 272 valence electrons. The summed E-state index contributed by atoms with van der Waals surface area (Å²) in [6, 6.07) is 0. The molecular formula is C39H72N2O5P+. The van der Waals surface area contributed by atoms with Gasteiger partial charge in [0.05, 0.1) is 20.6 Å². The van der Waals surface area contributed by atoms with Crippen molar-refractivity contribution in [3.8, 4) is 11.5 Å². The van der Waals surface area contributed by atoms with Gasteiger partial charge >= 0.3 is 8.17 Å². The Labute approximate surface area is 290 Å². The second-order valence-corrected chi connectivity index (χ2v) is 17.4. The van der Waals surface area contributed by atoms with E-state index in [1.165, 1.54) is 51.4 Å². The van der Waals surface area contributed by atoms with Crippen LogP contribution >= 0.6 is 8.17 Å². The second kappa shape index (κ2) is 19.8. The molecule has 1 unspecified atom stereocenters. The van der Waals surface area contributed by atoms with Crippen LogP contribution in [0.2, 0.25) is 0 Å². The van der Waals surface area contributed by atoms with Gasteiger partial charge in [0, 0.05) is 36.2 Å². The maximum atomic E-state index is 13.1. The molecule has 0 aromatic heterocycles. The molecule has 0 fully saturated rings. The predicted octanol–water partition coefficient (Wildman–Crippen LogP) is 8.80. The summed E-state index contributed by atoms with van der Waals surface area (Å²) >= 11 is 0. The lowest BCUT2D eigenvalue weighted by Crippen LogP contribution is -2.44. The molecule has 7 nitrogen and oxygen atoms in total. The van der Waals surface area contributed by atoms with E-state index in [0.717, 1.165) is 91.1 Å². The summed E-state index contributed by atoms with van der Waals surface area (Å²) in [5, 5.41) is 3.31. The number of phosphoric acid groups is 1. The fourth-order valence-corrected chi connectivity index (χ4v) is 7.76. The summed E-state index contributed by atoms with van der Waals surface area (Å²) in [4.78, 5) is 23.8. The average molecular weight is 680 g/mol. The highest BCUT2D eigenvalue weighted by Gasteiger charge is 2.38. The van der Waals surface area contributed by atoms with E-state index in [0.29, 0.717) is 16.8 Å². The van der Waals surface area contributed by atoms with Crippen molar-refractivity contribution in [3.05, 3.63) is 34.9 Å². The highest BCUT2D eigenvalue weighted by Crippen LogP contribution is 2.53. The Morgan fingerprint density at radius 1 is 0.957 bits per heavy atom. The summed E-state index contributed by atoms with van der Waals surface area (Å²) in [7, 11) is -0.0888. The van der Waals surface area contributed by atoms with Gasteiger partial charge in [-0.25, -0.2) is 0 Å². The fraction of sp³-hybridized carbons (Fsp3) is 0.795. The molecular weight excluding hydrogens is 607 g/mol. The summed E-state index contributed by atoms with van der Waals surface area (Å²) < 4.78 is 18.7. The number of benzene rings is 1. The third-order valence-corrected chi connectivity index (χ3v) is 11.3. The van der Waals surface area contributed by atoms with Crippen LogP contribution in [0.4, 0.5) is 0 Å². The molecule has 0 spiro atoms. The molecule has 0 bridgehead atoms. The molecule has 47 heavy (non-hydrogen) atoms. The summed E-state index contributed by atoms with van der Waals surface area (Å²) in [6.45, 7) is 24.8. The molecule has 1 aliphatic heterocycles. The molecule has 0 radical (unpaired) electrons. The first kappa shape index (κ1) is 42.0. The lowest BCUT2D eigenvalue weighted by molar-refractivity contribution is -0.890. The van der Waals surface area contributed by atoms with Gasteiger partial charge in [0.2, 0.25) is 0 Å². The van der Waals surface area contributed by atoms with Crippen molar-refractivity contribution in [3.63, 3.8) is 0 Å². The quantitative estimate of drug-likeness (QED) is 0.0492. The molecule has 0 aliphatic carbocycles. The lowest BCUT2D eigenvalue weighted by Gasteiger charge is -2.38. The zero-order valence-electron chi connectivity index (χ0n) is 32.0. The second-order valence-electron chi connectivity index (χ2n) is 16.0. The van der Waals surface area contributed by atoms with Crippen LogP contribution < -0.4 is 19.5 Å². The number of hydrogen-bond acceptors (Lipinski definition) is 6. The first-order valence-corrected chi connectivity index (χ1v) is 20.1. The van der Waals surface area contributed by atoms with Crippen LogP contribution in [-0.4, -0.2) is 61.9 Å². The molecule has 1 heterocycles. The molecule has 0 saturated carbocycles. The smallest absolute Gasteiger partial charge is 0.426 e. The van der Waals surface area contributed by atoms with Crippen LogP contribution in [0.25, 0.3) is 0 Å². The van der Waals surface area contributed by atoms with Crippen LogP contribution in [-0.2, 0) is 10.9 Å². The van der Waals surface area contributed by atoms with Gasteiger partial charge < -0.3 is 19.4 Å². The Balaban J connectivity index is 1.88. The minimum absolute atomic E-state index is 0.139. The van der Waals surface area contributed by atoms with E-state index in [4.69, 9.17) is 13.8 Å². The number of quaternary nitrogens is 1. The first-order chi connectivity index (χ1) is 22.0. The Kier molecular flexibility index (Phi) is 17.7. The van der Waals surface area contributed by atoms with Crippen molar-refractivity contribution in [1.82, 2.24) is 5.32 Å². The highest BCUT2D eigenvalue weighted by atomic mass is 31.2. The molecule has 0 amide bonds. The minimum Gasteiger partial charge on any atom is -0.598 e. The molecule has 2 N–H and O–H groups in total. The summed E-state index contributed by atoms with van der Waals surface area (Å²) in [6.07, 6.45) is 16.2. The molecule has 2 rings (SSSR count). The normalized spacial score (nSPS) is 19.2. The largest absolute Gasteiger partial charge is 0.598 e. The Morgan fingerprint density at radius 3 is 2.19 bits per heavy atom. The number of ether oxygens (including phenoxy) is 1. The lowest BCUT2D eigenvalue weighted by atomic mass is 9.84. The predicted molar refractivity (Wildman–Crippen MR) is 198 cm³/mol. The van der Waals surface area contributed by atoms with Crippen LogP contribution in [0.5, 0.6) is 11.5 Å². The van der Waals surface area contributed by atoms with Crippen molar-refractivity contribution in [2.75, 3.05) is 46.9 Å². The van der Waals surface area contributed by atoms with Crippen LogP contribution in [0, 0.1) is 38.5 Å². The summed E-state index contributed by atoms with van der Waals surface area (Å²) in [5.74, 6) is 3.78. The zero-order chi connectivity index (χ0) is 35.3. The summed E-state index contributed by atoms with van der Waals surface area (Å²) in [5.41, 5.74) is 3.56. The molecule has 4 atom stereocenters. The molecule has 1 aromatic carbocycles. The number of hydrogen-bond donors (Lipinski definition) is 2. The van der Waals surface area contributed by atoms with Gasteiger partial charge in [0.15, 0.2) is 5.75 Å². The van der Waals surface area contributed by atoms with Gasteiger partial charge in [-0.2, -0.15) is 9.42 Å². The number of likely N-dealkylation sites (N-methyl/N-ethyl adjacent to an activating group) is 1. The Hall–Kier alpha value is -1.21. The standard InChI is InChI=1S/C39H71N2O5P/c1-12-25-40-26-16-27-41(10,11)28-29-44-47(42,43)46-37-33(6)34(7)38-36(35(37)8)22-24-39(9,45-38)23-15-21-32(5)20-14-19-31(4)18-13-17-30(2)3/h12,30-32,40H,1,13-29H2,2-11H3/p+1/t31-,32-,39-/m1/s1. The zero-order valence-corrected chi connectivity index (χ0v) is 32.9. The topological polar surface area (TPSA) is 83.0 Å². The highest BCUT2D eigenvalue weighted by molar-refractivity contribution is 7.53. The number of nitrogens with zero attached hydrogens (tertiary/aromatic N) is 1. The number of fused-ring (bicyclic) bond motifs is 1. The van der Waals surface area contributed by atoms with Gasteiger partial charge in [0.1, 0.15) is 24.5 Å². The Bertz CT molecular complexity index is 1090. The minimum atomic E-state index is -4.30. The van der Waals surface area contributed by atoms with Crippen molar-refractivity contribution in [1.29, 1.82) is 0 Å². The van der Waals surface area contributed by atoms with Crippen LogP contribution in [0.1, 0.15) is 128 Å². The van der Waals surface area contributed by atoms with E-state index in [9.17, 15) is 9.79 Å². The fourth-order valence-electron chi connectivity index (χ4n) is 6.89. The first-order valence-electron chi connectivity index (χ1n) is 18.6. The number of nitrogens with one attached hydrogen (secondary N) is 1. The van der Waals surface area contributed by atoms with Crippen molar-refractivity contribution in [2.24, 2.45) is 17.8 Å². The average Bonchev–Trinajstić information content (AvgIpc) is 2.97. The van der Waals surface area contributed by atoms with E-state index in [-0.39, 0.29) is 12.2 Å². The third kappa shape index (κ3) is 15.1. The third-order valence-electron chi connectivity index (χ3n) is 10.4. The van der Waals surface area contributed by atoms with E-state index >= 15 is 0 Å². The Morgan fingerprint density at radius 2 is 1.57 bits per heavy atom.